The van der Waals surface area contributed by atoms with Crippen molar-refractivity contribution >= 4 is 22.9 Å². The van der Waals surface area contributed by atoms with Crippen molar-refractivity contribution in [3.8, 4) is 45.4 Å². The molecule has 0 radical (unpaired) electrons. The van der Waals surface area contributed by atoms with Gasteiger partial charge < -0.3 is 4.74 Å². The van der Waals surface area contributed by atoms with Crippen LogP contribution in [-0.4, -0.2) is 15.0 Å². The predicted molar refractivity (Wildman–Crippen MR) is 201 cm³/mol. The lowest BCUT2D eigenvalue weighted by Crippen LogP contribution is -2.35. The zero-order valence-electron chi connectivity index (χ0n) is 27.0. The third-order valence-corrected chi connectivity index (χ3v) is 10.1. The maximum Gasteiger partial charge on any atom is 0.160 e. The summed E-state index contributed by atoms with van der Waals surface area (Å²) in [6.45, 7) is 0. The smallest absolute Gasteiger partial charge is 0.160 e. The van der Waals surface area contributed by atoms with Gasteiger partial charge in [0.15, 0.2) is 5.82 Å². The summed E-state index contributed by atoms with van der Waals surface area (Å²) in [5, 5.41) is 2.24. The lowest BCUT2D eigenvalue weighted by Gasteiger charge is -2.42. The van der Waals surface area contributed by atoms with Crippen LogP contribution in [0.25, 0.3) is 56.8 Å². The van der Waals surface area contributed by atoms with E-state index in [0.29, 0.717) is 5.82 Å². The lowest BCUT2D eigenvalue weighted by atomic mass is 9.62. The second-order valence-electron chi connectivity index (χ2n) is 12.8. The van der Waals surface area contributed by atoms with Crippen LogP contribution in [0.4, 0.5) is 0 Å². The molecule has 8 aromatic rings. The van der Waals surface area contributed by atoms with E-state index >= 15 is 0 Å². The largest absolute Gasteiger partial charge is 0.456 e. The Morgan fingerprint density at radius 3 is 2.06 bits per heavy atom. The molecule has 1 unspecified atom stereocenters. The monoisotopic (exact) mass is 639 g/mol. The van der Waals surface area contributed by atoms with Crippen LogP contribution in [0.3, 0.4) is 0 Å². The maximum atomic E-state index is 6.89. The van der Waals surface area contributed by atoms with E-state index < -0.39 is 5.41 Å². The first-order valence-electron chi connectivity index (χ1n) is 16.8. The molecular weight excluding hydrogens is 611 g/mol. The van der Waals surface area contributed by atoms with E-state index in [4.69, 9.17) is 14.7 Å². The molecule has 0 saturated carbocycles. The highest BCUT2D eigenvalue weighted by Crippen LogP contribution is 2.59. The Bertz CT molecular complexity index is 2570. The molecule has 6 aromatic carbocycles. The average molecular weight is 640 g/mol. The Morgan fingerprint density at radius 2 is 1.20 bits per heavy atom. The van der Waals surface area contributed by atoms with Gasteiger partial charge in [-0.2, -0.15) is 0 Å². The Balaban J connectivity index is 1.30. The molecule has 0 amide bonds. The van der Waals surface area contributed by atoms with E-state index in [1.807, 2.05) is 36.5 Å². The van der Waals surface area contributed by atoms with Crippen molar-refractivity contribution in [1.82, 2.24) is 15.0 Å². The quantitative estimate of drug-likeness (QED) is 0.193. The summed E-state index contributed by atoms with van der Waals surface area (Å²) in [7, 11) is 0. The van der Waals surface area contributed by atoms with Gasteiger partial charge in [0.05, 0.1) is 16.8 Å². The van der Waals surface area contributed by atoms with Crippen molar-refractivity contribution in [3.63, 3.8) is 0 Å². The Morgan fingerprint density at radius 1 is 0.480 bits per heavy atom. The zero-order chi connectivity index (χ0) is 33.1. The van der Waals surface area contributed by atoms with Gasteiger partial charge in [0.1, 0.15) is 11.5 Å². The second-order valence-corrected chi connectivity index (χ2v) is 12.8. The van der Waals surface area contributed by atoms with Crippen LogP contribution in [0.1, 0.15) is 33.4 Å². The first-order chi connectivity index (χ1) is 24.8. The second kappa shape index (κ2) is 11.2. The van der Waals surface area contributed by atoms with Crippen LogP contribution < -0.4 is 4.74 Å². The molecule has 50 heavy (non-hydrogen) atoms. The molecule has 4 nitrogen and oxygen atoms in total. The van der Waals surface area contributed by atoms with Gasteiger partial charge >= 0.3 is 0 Å². The molecule has 1 spiro atoms. The highest BCUT2D eigenvalue weighted by atomic mass is 16.5. The van der Waals surface area contributed by atoms with Crippen LogP contribution in [0.15, 0.2) is 164 Å². The van der Waals surface area contributed by atoms with Crippen molar-refractivity contribution in [2.45, 2.75) is 5.41 Å². The van der Waals surface area contributed by atoms with Crippen LogP contribution in [0, 0.1) is 0 Å². The SMILES string of the molecule is C1=Cc2ccc(-c3cc(-c4cccnc4)nc(-c4ccccc4)n3)cc2C2(c3ccccc31)c1ccccc1Oc1c2ccc2ccccc12. The van der Waals surface area contributed by atoms with Gasteiger partial charge in [-0.15, -0.1) is 0 Å². The van der Waals surface area contributed by atoms with Gasteiger partial charge in [-0.1, -0.05) is 133 Å². The highest BCUT2D eigenvalue weighted by Gasteiger charge is 2.48. The first kappa shape index (κ1) is 28.4. The van der Waals surface area contributed by atoms with Gasteiger partial charge in [0.25, 0.3) is 0 Å². The Kier molecular flexibility index (Phi) is 6.36. The van der Waals surface area contributed by atoms with E-state index in [2.05, 4.69) is 138 Å². The van der Waals surface area contributed by atoms with Gasteiger partial charge in [-0.25, -0.2) is 9.97 Å². The molecule has 2 aliphatic rings. The summed E-state index contributed by atoms with van der Waals surface area (Å²) in [6, 6.07) is 53.3. The van der Waals surface area contributed by atoms with Gasteiger partial charge in [0, 0.05) is 45.6 Å². The summed E-state index contributed by atoms with van der Waals surface area (Å²) in [5.41, 5.74) is 10.8. The predicted octanol–water partition coefficient (Wildman–Crippen LogP) is 11.0. The molecule has 2 aromatic heterocycles. The first-order valence-corrected chi connectivity index (χ1v) is 16.8. The van der Waals surface area contributed by atoms with E-state index in [1.54, 1.807) is 6.20 Å². The normalized spacial score (nSPS) is 15.4. The van der Waals surface area contributed by atoms with Crippen molar-refractivity contribution in [3.05, 3.63) is 197 Å². The topological polar surface area (TPSA) is 47.9 Å². The summed E-state index contributed by atoms with van der Waals surface area (Å²) in [5.74, 6) is 2.42. The van der Waals surface area contributed by atoms with E-state index in [9.17, 15) is 0 Å². The van der Waals surface area contributed by atoms with Crippen LogP contribution in [-0.2, 0) is 5.41 Å². The fourth-order valence-electron chi connectivity index (χ4n) is 7.82. The van der Waals surface area contributed by atoms with Crippen molar-refractivity contribution in [2.75, 3.05) is 0 Å². The number of hydrogen-bond donors (Lipinski definition) is 0. The summed E-state index contributed by atoms with van der Waals surface area (Å²) in [4.78, 5) is 14.6. The summed E-state index contributed by atoms with van der Waals surface area (Å²) < 4.78 is 6.89. The van der Waals surface area contributed by atoms with Gasteiger partial charge in [-0.05, 0) is 58.0 Å². The molecule has 4 heteroatoms. The number of benzene rings is 6. The minimum absolute atomic E-state index is 0.671. The van der Waals surface area contributed by atoms with Crippen molar-refractivity contribution in [1.29, 1.82) is 0 Å². The number of para-hydroxylation sites is 1. The molecule has 10 rings (SSSR count). The molecule has 0 saturated heterocycles. The minimum Gasteiger partial charge on any atom is -0.456 e. The molecule has 0 bridgehead atoms. The highest BCUT2D eigenvalue weighted by molar-refractivity contribution is 5.94. The van der Waals surface area contributed by atoms with Crippen LogP contribution in [0.5, 0.6) is 11.5 Å². The maximum absolute atomic E-state index is 6.89. The Hall–Kier alpha value is -6.65. The molecule has 1 aliphatic carbocycles. The molecule has 234 valence electrons. The van der Waals surface area contributed by atoms with E-state index in [1.165, 1.54) is 16.7 Å². The molecule has 1 aliphatic heterocycles. The number of nitrogens with zero attached hydrogens (tertiary/aromatic N) is 3. The van der Waals surface area contributed by atoms with Gasteiger partial charge in [0.2, 0.25) is 0 Å². The number of pyridine rings is 1. The summed E-state index contributed by atoms with van der Waals surface area (Å²) in [6.07, 6.45) is 8.14. The van der Waals surface area contributed by atoms with Crippen molar-refractivity contribution in [2.24, 2.45) is 0 Å². The van der Waals surface area contributed by atoms with E-state index in [-0.39, 0.29) is 0 Å². The van der Waals surface area contributed by atoms with E-state index in [0.717, 1.165) is 67.0 Å². The van der Waals surface area contributed by atoms with Crippen LogP contribution in [0.2, 0.25) is 0 Å². The molecule has 1 atom stereocenters. The molecule has 3 heterocycles. The summed E-state index contributed by atoms with van der Waals surface area (Å²) >= 11 is 0. The number of aromatic nitrogens is 3. The van der Waals surface area contributed by atoms with Gasteiger partial charge in [-0.3, -0.25) is 4.98 Å². The average Bonchev–Trinajstić information content (AvgIpc) is 3.33. The molecular formula is C46H29N3O. The third kappa shape index (κ3) is 4.28. The third-order valence-electron chi connectivity index (χ3n) is 10.1. The number of rotatable bonds is 3. The lowest BCUT2D eigenvalue weighted by molar-refractivity contribution is 0.439. The van der Waals surface area contributed by atoms with Crippen LogP contribution >= 0.6 is 0 Å². The number of hydrogen-bond acceptors (Lipinski definition) is 4. The molecule has 0 N–H and O–H groups in total. The fourth-order valence-corrected chi connectivity index (χ4v) is 7.82. The number of ether oxygens (including phenoxy) is 1. The fraction of sp³-hybridized carbons (Fsp3) is 0.0217. The van der Waals surface area contributed by atoms with Crippen molar-refractivity contribution < 1.29 is 4.74 Å². The minimum atomic E-state index is -0.679. The molecule has 0 fully saturated rings. The Labute approximate surface area is 290 Å². The number of fused-ring (bicyclic) bond motifs is 10. The standard InChI is InChI=1S/C46H29N3O/c1-2-13-33(14-3-1)45-48-41(28-42(49-45)35-15-10-26-47-29-35)34-23-22-32-21-20-31-12-5-7-17-37(31)46(40(32)27-34)38-18-8-9-19-43(38)50-44-36-16-6-4-11-30(36)24-25-39(44)46/h1-29H. The zero-order valence-corrected chi connectivity index (χ0v) is 27.0.